The maximum atomic E-state index is 2.16. The van der Waals surface area contributed by atoms with E-state index in [1.807, 2.05) is 6.07 Å². The van der Waals surface area contributed by atoms with Crippen LogP contribution in [0, 0.1) is 0 Å². The summed E-state index contributed by atoms with van der Waals surface area (Å²) in [6.07, 6.45) is 1.14. The first-order chi connectivity index (χ1) is 3.93. The first kappa shape index (κ1) is 9.32. The Kier molecular flexibility index (Phi) is 5.32. The van der Waals surface area contributed by atoms with Crippen LogP contribution in [0.1, 0.15) is 12.5 Å². The molecule has 0 amide bonds. The van der Waals surface area contributed by atoms with Gasteiger partial charge in [0.25, 0.3) is 0 Å². The molecule has 0 spiro atoms. The molecule has 0 N–H and O–H groups in total. The summed E-state index contributed by atoms with van der Waals surface area (Å²) < 4.78 is 0. The minimum atomic E-state index is 0. The molecule has 0 unspecified atom stereocenters. The summed E-state index contributed by atoms with van der Waals surface area (Å²) in [6, 6.07) is 10.5. The maximum Gasteiger partial charge on any atom is 0 e. The van der Waals surface area contributed by atoms with Crippen LogP contribution in [0.4, 0.5) is 0 Å². The fraction of sp³-hybridized carbons (Fsp3) is 0.250. The molecule has 45 valence electrons. The number of hydrogen-bond acceptors (Lipinski definition) is 0. The third kappa shape index (κ3) is 3.12. The second-order valence-electron chi connectivity index (χ2n) is 1.84. The van der Waals surface area contributed by atoms with Gasteiger partial charge in [-0.05, 0) is 12.0 Å². The Morgan fingerprint density at radius 2 is 1.67 bits per heavy atom. The molecule has 0 nitrogen and oxygen atoms in total. The Bertz CT molecular complexity index is 146. The summed E-state index contributed by atoms with van der Waals surface area (Å²) in [7, 11) is 0. The monoisotopic (exact) mass is 195 g/mol. The molecule has 0 aliphatic carbocycles. The average molecular weight is 195 g/mol. The molecule has 1 rings (SSSR count). The van der Waals surface area contributed by atoms with Crippen molar-refractivity contribution in [2.75, 3.05) is 0 Å². The van der Waals surface area contributed by atoms with Crippen LogP contribution in [0.25, 0.3) is 0 Å². The van der Waals surface area contributed by atoms with E-state index in [-0.39, 0.29) is 32.7 Å². The molecule has 0 bridgehead atoms. The van der Waals surface area contributed by atoms with Gasteiger partial charge in [0, 0.05) is 32.7 Å². The molecule has 1 aromatic rings. The van der Waals surface area contributed by atoms with E-state index in [0.29, 0.717) is 0 Å². The van der Waals surface area contributed by atoms with Crippen molar-refractivity contribution in [1.82, 2.24) is 0 Å². The van der Waals surface area contributed by atoms with E-state index in [1.54, 1.807) is 0 Å². The van der Waals surface area contributed by atoms with Crippen molar-refractivity contribution in [2.45, 2.75) is 13.3 Å². The van der Waals surface area contributed by atoms with Gasteiger partial charge in [0.05, 0.1) is 0 Å². The first-order valence-corrected chi connectivity index (χ1v) is 2.97. The van der Waals surface area contributed by atoms with Gasteiger partial charge in [-0.15, -0.1) is 0 Å². The quantitative estimate of drug-likeness (QED) is 0.644. The molecule has 0 aliphatic heterocycles. The van der Waals surface area contributed by atoms with Gasteiger partial charge in [0.2, 0.25) is 0 Å². The van der Waals surface area contributed by atoms with E-state index in [1.165, 1.54) is 5.56 Å². The van der Waals surface area contributed by atoms with E-state index >= 15 is 0 Å². The van der Waals surface area contributed by atoms with E-state index in [9.17, 15) is 0 Å². The first-order valence-electron chi connectivity index (χ1n) is 2.97. The molecule has 0 heterocycles. The molecule has 1 aromatic carbocycles. The molecule has 9 heavy (non-hydrogen) atoms. The molecule has 0 aliphatic rings. The molecular weight excluding hydrogens is 185 g/mol. The van der Waals surface area contributed by atoms with Gasteiger partial charge >= 0.3 is 0 Å². The molecule has 1 radical (unpaired) electrons. The zero-order valence-electron chi connectivity index (χ0n) is 5.67. The largest absolute Gasteiger partial charge is 0.0622 e. The fourth-order valence-electron chi connectivity index (χ4n) is 0.714. The van der Waals surface area contributed by atoms with Gasteiger partial charge in [-0.1, -0.05) is 37.3 Å². The number of aryl methyl sites for hydroxylation is 1. The third-order valence-electron chi connectivity index (χ3n) is 1.25. The minimum Gasteiger partial charge on any atom is -0.0622 e. The predicted octanol–water partition coefficient (Wildman–Crippen LogP) is 2.25. The van der Waals surface area contributed by atoms with Crippen LogP contribution in [-0.4, -0.2) is 0 Å². The van der Waals surface area contributed by atoms with E-state index in [2.05, 4.69) is 31.2 Å². The maximum absolute atomic E-state index is 2.16. The van der Waals surface area contributed by atoms with Crippen molar-refractivity contribution >= 4 is 0 Å². The van der Waals surface area contributed by atoms with Crippen LogP contribution in [0.3, 0.4) is 0 Å². The third-order valence-corrected chi connectivity index (χ3v) is 1.25. The summed E-state index contributed by atoms with van der Waals surface area (Å²) in [5.41, 5.74) is 1.41. The SMILES string of the molecule is CCc1ccccc1.[Y]. The van der Waals surface area contributed by atoms with Crippen molar-refractivity contribution in [3.8, 4) is 0 Å². The van der Waals surface area contributed by atoms with Gasteiger partial charge in [-0.2, -0.15) is 0 Å². The van der Waals surface area contributed by atoms with E-state index in [4.69, 9.17) is 0 Å². The Hall–Kier alpha value is 0.324. The second-order valence-corrected chi connectivity index (χ2v) is 1.84. The van der Waals surface area contributed by atoms with Crippen LogP contribution in [0.2, 0.25) is 0 Å². The standard InChI is InChI=1S/C8H10.Y/c1-2-8-6-4-3-5-7-8;/h3-7H,2H2,1H3;. The van der Waals surface area contributed by atoms with Gasteiger partial charge in [0.1, 0.15) is 0 Å². The van der Waals surface area contributed by atoms with Crippen LogP contribution in [0.15, 0.2) is 30.3 Å². The summed E-state index contributed by atoms with van der Waals surface area (Å²) in [5.74, 6) is 0. The topological polar surface area (TPSA) is 0 Å². The molecule has 0 aromatic heterocycles. The Morgan fingerprint density at radius 1 is 1.11 bits per heavy atom. The normalized spacial score (nSPS) is 8.11. The molecule has 0 atom stereocenters. The predicted molar refractivity (Wildman–Crippen MR) is 35.8 cm³/mol. The zero-order valence-corrected chi connectivity index (χ0v) is 8.51. The van der Waals surface area contributed by atoms with Crippen molar-refractivity contribution in [2.24, 2.45) is 0 Å². The smallest absolute Gasteiger partial charge is 0 e. The van der Waals surface area contributed by atoms with Crippen LogP contribution >= 0.6 is 0 Å². The Morgan fingerprint density at radius 3 is 2.00 bits per heavy atom. The summed E-state index contributed by atoms with van der Waals surface area (Å²) in [6.45, 7) is 2.16. The molecule has 0 saturated carbocycles. The van der Waals surface area contributed by atoms with Crippen molar-refractivity contribution < 1.29 is 32.7 Å². The van der Waals surface area contributed by atoms with Crippen molar-refractivity contribution in [1.29, 1.82) is 0 Å². The zero-order chi connectivity index (χ0) is 5.82. The van der Waals surface area contributed by atoms with Gasteiger partial charge < -0.3 is 0 Å². The molecular formula is C8H10Y. The van der Waals surface area contributed by atoms with Gasteiger partial charge in [-0.25, -0.2) is 0 Å². The summed E-state index contributed by atoms with van der Waals surface area (Å²) >= 11 is 0. The second kappa shape index (κ2) is 5.14. The van der Waals surface area contributed by atoms with Crippen molar-refractivity contribution in [3.05, 3.63) is 35.9 Å². The number of hydrogen-bond donors (Lipinski definition) is 0. The molecule has 0 fully saturated rings. The molecule has 0 saturated heterocycles. The van der Waals surface area contributed by atoms with Gasteiger partial charge in [0.15, 0.2) is 0 Å². The fourth-order valence-corrected chi connectivity index (χ4v) is 0.714. The minimum absolute atomic E-state index is 0. The van der Waals surface area contributed by atoms with Gasteiger partial charge in [-0.3, -0.25) is 0 Å². The van der Waals surface area contributed by atoms with E-state index in [0.717, 1.165) is 6.42 Å². The summed E-state index contributed by atoms with van der Waals surface area (Å²) in [5, 5.41) is 0. The average Bonchev–Trinajstić information content (AvgIpc) is 1.90. The van der Waals surface area contributed by atoms with E-state index < -0.39 is 0 Å². The summed E-state index contributed by atoms with van der Waals surface area (Å²) in [4.78, 5) is 0. The van der Waals surface area contributed by atoms with Crippen molar-refractivity contribution in [3.63, 3.8) is 0 Å². The van der Waals surface area contributed by atoms with Crippen LogP contribution in [0.5, 0.6) is 0 Å². The number of benzene rings is 1. The van der Waals surface area contributed by atoms with Crippen LogP contribution in [-0.2, 0) is 39.1 Å². The molecule has 1 heteroatoms. The Balaban J connectivity index is 0.000000640. The Labute approximate surface area is 81.5 Å². The van der Waals surface area contributed by atoms with Crippen LogP contribution < -0.4 is 0 Å². The number of rotatable bonds is 1.